The van der Waals surface area contributed by atoms with E-state index in [-0.39, 0.29) is 5.75 Å². The quantitative estimate of drug-likeness (QED) is 0.637. The minimum Gasteiger partial charge on any atom is -0.480 e. The Morgan fingerprint density at radius 1 is 1.47 bits per heavy atom. The molecule has 2 N–H and O–H groups in total. The van der Waals surface area contributed by atoms with Crippen molar-refractivity contribution in [2.45, 2.75) is 45.3 Å². The van der Waals surface area contributed by atoms with E-state index in [4.69, 9.17) is 9.84 Å². The molecule has 0 bridgehead atoms. The molecule has 0 aromatic carbocycles. The van der Waals surface area contributed by atoms with Crippen LogP contribution in [0.5, 0.6) is 0 Å². The van der Waals surface area contributed by atoms with Gasteiger partial charge in [0.25, 0.3) is 0 Å². The summed E-state index contributed by atoms with van der Waals surface area (Å²) in [6, 6.07) is -1.05. The first-order valence-corrected chi connectivity index (χ1v) is 7.23. The van der Waals surface area contributed by atoms with E-state index >= 15 is 0 Å². The number of carboxylic acid groups (broad SMARTS) is 1. The number of hydrogen-bond acceptors (Lipinski definition) is 4. The van der Waals surface area contributed by atoms with Crippen LogP contribution in [0.2, 0.25) is 0 Å². The van der Waals surface area contributed by atoms with Gasteiger partial charge in [0.2, 0.25) is 10.0 Å². The summed E-state index contributed by atoms with van der Waals surface area (Å²) in [6.45, 7) is 3.53. The van der Waals surface area contributed by atoms with Gasteiger partial charge < -0.3 is 9.84 Å². The summed E-state index contributed by atoms with van der Waals surface area (Å²) in [4.78, 5) is 10.9. The van der Waals surface area contributed by atoms with Crippen molar-refractivity contribution in [3.05, 3.63) is 0 Å². The Kier molecular flexibility index (Phi) is 7.33. The zero-order chi connectivity index (χ0) is 13.5. The number of hydrogen-bond donors (Lipinski definition) is 2. The average molecular weight is 267 g/mol. The van der Waals surface area contributed by atoms with Gasteiger partial charge in [0, 0.05) is 7.11 Å². The Labute approximate surface area is 102 Å². The van der Waals surface area contributed by atoms with E-state index in [2.05, 4.69) is 4.72 Å². The summed E-state index contributed by atoms with van der Waals surface area (Å²) in [5, 5.41) is 8.90. The van der Waals surface area contributed by atoms with Gasteiger partial charge in [-0.3, -0.25) is 4.79 Å². The third-order valence-electron chi connectivity index (χ3n) is 2.32. The van der Waals surface area contributed by atoms with Gasteiger partial charge in [0.15, 0.2) is 0 Å². The van der Waals surface area contributed by atoms with E-state index in [0.717, 1.165) is 6.42 Å². The summed E-state index contributed by atoms with van der Waals surface area (Å²) in [5.74, 6) is -1.38. The van der Waals surface area contributed by atoms with Gasteiger partial charge in [-0.2, -0.15) is 0 Å². The molecular formula is C10H21NO5S. The van der Waals surface area contributed by atoms with E-state index in [1.54, 1.807) is 6.92 Å². The topological polar surface area (TPSA) is 92.7 Å². The van der Waals surface area contributed by atoms with E-state index in [1.807, 2.05) is 6.92 Å². The van der Waals surface area contributed by atoms with Crippen molar-refractivity contribution in [3.63, 3.8) is 0 Å². The molecule has 1 unspecified atom stereocenters. The second-order valence-electron chi connectivity index (χ2n) is 3.98. The van der Waals surface area contributed by atoms with Gasteiger partial charge in [0.1, 0.15) is 6.04 Å². The molecule has 0 aliphatic rings. The van der Waals surface area contributed by atoms with Gasteiger partial charge >= 0.3 is 5.97 Å². The Bertz CT molecular complexity index is 328. The van der Waals surface area contributed by atoms with Crippen molar-refractivity contribution in [3.8, 4) is 0 Å². The third-order valence-corrected chi connectivity index (χ3v) is 3.87. The van der Waals surface area contributed by atoms with E-state index in [1.165, 1.54) is 7.11 Å². The molecule has 6 nitrogen and oxygen atoms in total. The van der Waals surface area contributed by atoms with Crippen LogP contribution in [0.15, 0.2) is 0 Å². The Morgan fingerprint density at radius 2 is 2.06 bits per heavy atom. The number of nitrogens with one attached hydrogen (secondary N) is 1. The predicted octanol–water partition coefficient (Wildman–Crippen LogP) is 0.584. The Morgan fingerprint density at radius 3 is 2.47 bits per heavy atom. The fourth-order valence-electron chi connectivity index (χ4n) is 1.28. The zero-order valence-electron chi connectivity index (χ0n) is 10.5. The predicted molar refractivity (Wildman–Crippen MR) is 64.3 cm³/mol. The van der Waals surface area contributed by atoms with Crippen LogP contribution in [0, 0.1) is 0 Å². The first kappa shape index (κ1) is 16.3. The average Bonchev–Trinajstić information content (AvgIpc) is 2.22. The van der Waals surface area contributed by atoms with Crippen molar-refractivity contribution in [2.24, 2.45) is 0 Å². The highest BCUT2D eigenvalue weighted by molar-refractivity contribution is 7.89. The largest absolute Gasteiger partial charge is 0.480 e. The molecule has 0 rings (SSSR count). The third kappa shape index (κ3) is 7.30. The van der Waals surface area contributed by atoms with Gasteiger partial charge in [-0.15, -0.1) is 0 Å². The molecule has 0 heterocycles. The van der Waals surface area contributed by atoms with E-state index in [0.29, 0.717) is 12.8 Å². The maximum absolute atomic E-state index is 11.6. The number of methoxy groups -OCH3 is 1. The molecular weight excluding hydrogens is 246 g/mol. The summed E-state index contributed by atoms with van der Waals surface area (Å²) >= 11 is 0. The molecule has 0 fully saturated rings. The van der Waals surface area contributed by atoms with Crippen LogP contribution >= 0.6 is 0 Å². The second-order valence-corrected chi connectivity index (χ2v) is 5.78. The van der Waals surface area contributed by atoms with Crippen LogP contribution < -0.4 is 4.72 Å². The monoisotopic (exact) mass is 267 g/mol. The van der Waals surface area contributed by atoms with Crippen LogP contribution in [0.3, 0.4) is 0 Å². The minimum atomic E-state index is -3.62. The lowest BCUT2D eigenvalue weighted by Crippen LogP contribution is -2.43. The van der Waals surface area contributed by atoms with Crippen molar-refractivity contribution >= 4 is 16.0 Å². The summed E-state index contributed by atoms with van der Waals surface area (Å²) < 4.78 is 30.3. The van der Waals surface area contributed by atoms with Crippen molar-refractivity contribution in [1.29, 1.82) is 0 Å². The molecule has 2 atom stereocenters. The molecule has 0 saturated heterocycles. The summed E-state index contributed by atoms with van der Waals surface area (Å²) in [7, 11) is -2.21. The number of aliphatic carboxylic acids is 1. The molecule has 0 saturated carbocycles. The van der Waals surface area contributed by atoms with Crippen LogP contribution in [-0.2, 0) is 19.6 Å². The number of sulfonamides is 1. The Balaban J connectivity index is 4.47. The maximum atomic E-state index is 11.6. The van der Waals surface area contributed by atoms with E-state index in [9.17, 15) is 13.2 Å². The number of carbonyl (C=O) groups is 1. The standard InChI is InChI=1S/C10H21NO5S/c1-4-5-6-9(10(12)13)11-17(14,15)7-8(2)16-3/h8-9,11H,4-7H2,1-3H3,(H,12,13)/t8?,9-/m0/s1. The molecule has 17 heavy (non-hydrogen) atoms. The lowest BCUT2D eigenvalue weighted by atomic mass is 10.1. The molecule has 0 amide bonds. The fraction of sp³-hybridized carbons (Fsp3) is 0.900. The van der Waals surface area contributed by atoms with Crippen LogP contribution in [-0.4, -0.2) is 44.5 Å². The molecule has 0 spiro atoms. The maximum Gasteiger partial charge on any atom is 0.321 e. The van der Waals surface area contributed by atoms with Crippen LogP contribution in [0.25, 0.3) is 0 Å². The molecule has 0 aliphatic heterocycles. The van der Waals surface area contributed by atoms with Crippen molar-refractivity contribution in [1.82, 2.24) is 4.72 Å². The van der Waals surface area contributed by atoms with Crippen molar-refractivity contribution in [2.75, 3.05) is 12.9 Å². The van der Waals surface area contributed by atoms with Crippen molar-refractivity contribution < 1.29 is 23.1 Å². The van der Waals surface area contributed by atoms with Gasteiger partial charge in [-0.1, -0.05) is 19.8 Å². The fourth-order valence-corrected chi connectivity index (χ4v) is 2.79. The Hall–Kier alpha value is -0.660. The SMILES string of the molecule is CCCC[C@H](NS(=O)(=O)CC(C)OC)C(=O)O. The molecule has 0 aromatic rings. The molecule has 7 heteroatoms. The van der Waals surface area contributed by atoms with Crippen LogP contribution in [0.4, 0.5) is 0 Å². The highest BCUT2D eigenvalue weighted by atomic mass is 32.2. The van der Waals surface area contributed by atoms with Crippen LogP contribution in [0.1, 0.15) is 33.1 Å². The molecule has 102 valence electrons. The first-order valence-electron chi connectivity index (χ1n) is 5.58. The molecule has 0 aromatic heterocycles. The van der Waals surface area contributed by atoms with Gasteiger partial charge in [0.05, 0.1) is 11.9 Å². The number of ether oxygens (including phenoxy) is 1. The summed E-state index contributed by atoms with van der Waals surface area (Å²) in [6.07, 6.45) is 1.32. The lowest BCUT2D eigenvalue weighted by Gasteiger charge is -2.16. The first-order chi connectivity index (χ1) is 7.82. The number of unbranched alkanes of at least 4 members (excludes halogenated alkanes) is 1. The summed E-state index contributed by atoms with van der Waals surface area (Å²) in [5.41, 5.74) is 0. The highest BCUT2D eigenvalue weighted by Crippen LogP contribution is 2.04. The highest BCUT2D eigenvalue weighted by Gasteiger charge is 2.24. The van der Waals surface area contributed by atoms with Gasteiger partial charge in [-0.25, -0.2) is 13.1 Å². The number of rotatable bonds is 9. The zero-order valence-corrected chi connectivity index (χ0v) is 11.3. The molecule has 0 radical (unpaired) electrons. The normalized spacial score (nSPS) is 15.5. The molecule has 0 aliphatic carbocycles. The van der Waals surface area contributed by atoms with Gasteiger partial charge in [-0.05, 0) is 13.3 Å². The smallest absolute Gasteiger partial charge is 0.321 e. The number of carboxylic acids is 1. The second kappa shape index (κ2) is 7.62. The van der Waals surface area contributed by atoms with E-state index < -0.39 is 28.1 Å². The minimum absolute atomic E-state index is 0.237. The lowest BCUT2D eigenvalue weighted by molar-refractivity contribution is -0.139.